The van der Waals surface area contributed by atoms with Crippen LogP contribution in [-0.2, 0) is 4.79 Å². The normalized spacial score (nSPS) is 14.7. The Kier molecular flexibility index (Phi) is 9.14. The monoisotopic (exact) mass is 242 g/mol. The van der Waals surface area contributed by atoms with Gasteiger partial charge in [-0.3, -0.25) is 4.79 Å². The highest BCUT2D eigenvalue weighted by molar-refractivity contribution is 5.78. The van der Waals surface area contributed by atoms with Crippen LogP contribution >= 0.6 is 0 Å². The van der Waals surface area contributed by atoms with Crippen molar-refractivity contribution in [2.24, 2.45) is 17.6 Å². The van der Waals surface area contributed by atoms with E-state index in [0.717, 1.165) is 38.1 Å². The summed E-state index contributed by atoms with van der Waals surface area (Å²) in [6.45, 7) is 9.24. The van der Waals surface area contributed by atoms with E-state index in [2.05, 4.69) is 19.2 Å². The van der Waals surface area contributed by atoms with Gasteiger partial charge in [-0.15, -0.1) is 0 Å². The SMILES string of the molecule is CC(C)CCCNC(=O)C(C)CCCC(C)N. The largest absolute Gasteiger partial charge is 0.356 e. The number of carbonyl (C=O) groups excluding carboxylic acids is 1. The van der Waals surface area contributed by atoms with E-state index in [0.29, 0.717) is 0 Å². The molecule has 0 bridgehead atoms. The van der Waals surface area contributed by atoms with Crippen molar-refractivity contribution in [2.45, 2.75) is 65.8 Å². The predicted octanol–water partition coefficient (Wildman–Crippen LogP) is 2.69. The van der Waals surface area contributed by atoms with E-state index in [4.69, 9.17) is 5.73 Å². The van der Waals surface area contributed by atoms with Gasteiger partial charge in [-0.1, -0.05) is 27.2 Å². The Morgan fingerprint density at radius 1 is 1.06 bits per heavy atom. The maximum Gasteiger partial charge on any atom is 0.222 e. The van der Waals surface area contributed by atoms with Crippen LogP contribution < -0.4 is 11.1 Å². The maximum absolute atomic E-state index is 11.7. The van der Waals surface area contributed by atoms with Crippen molar-refractivity contribution in [1.29, 1.82) is 0 Å². The van der Waals surface area contributed by atoms with Crippen molar-refractivity contribution in [3.63, 3.8) is 0 Å². The van der Waals surface area contributed by atoms with Gasteiger partial charge in [-0.25, -0.2) is 0 Å². The molecule has 1 amide bonds. The second-order valence-electron chi connectivity index (χ2n) is 5.64. The van der Waals surface area contributed by atoms with Gasteiger partial charge >= 0.3 is 0 Å². The number of carbonyl (C=O) groups is 1. The van der Waals surface area contributed by atoms with Gasteiger partial charge in [0.25, 0.3) is 0 Å². The van der Waals surface area contributed by atoms with E-state index in [1.54, 1.807) is 0 Å². The molecule has 17 heavy (non-hydrogen) atoms. The minimum absolute atomic E-state index is 0.118. The van der Waals surface area contributed by atoms with Crippen LogP contribution in [0, 0.1) is 11.8 Å². The molecule has 2 unspecified atom stereocenters. The zero-order valence-corrected chi connectivity index (χ0v) is 12.0. The van der Waals surface area contributed by atoms with Crippen LogP contribution in [0.3, 0.4) is 0 Å². The van der Waals surface area contributed by atoms with Crippen LogP contribution in [0.5, 0.6) is 0 Å². The van der Waals surface area contributed by atoms with Crippen molar-refractivity contribution >= 4 is 5.91 Å². The fraction of sp³-hybridized carbons (Fsp3) is 0.929. The molecule has 2 atom stereocenters. The summed E-state index contributed by atoms with van der Waals surface area (Å²) >= 11 is 0. The van der Waals surface area contributed by atoms with Gasteiger partial charge in [0.2, 0.25) is 5.91 Å². The number of hydrogen-bond donors (Lipinski definition) is 2. The highest BCUT2D eigenvalue weighted by Crippen LogP contribution is 2.09. The fourth-order valence-electron chi connectivity index (χ4n) is 1.77. The lowest BCUT2D eigenvalue weighted by Crippen LogP contribution is -2.30. The fourth-order valence-corrected chi connectivity index (χ4v) is 1.77. The van der Waals surface area contributed by atoms with E-state index < -0.39 is 0 Å². The summed E-state index contributed by atoms with van der Waals surface area (Å²) in [6.07, 6.45) is 5.25. The van der Waals surface area contributed by atoms with Gasteiger partial charge in [0, 0.05) is 18.5 Å². The second-order valence-corrected chi connectivity index (χ2v) is 5.64. The molecule has 0 aliphatic rings. The Bertz CT molecular complexity index is 202. The average molecular weight is 242 g/mol. The molecule has 0 aromatic heterocycles. The summed E-state index contributed by atoms with van der Waals surface area (Å²) < 4.78 is 0. The quantitative estimate of drug-likeness (QED) is 0.611. The van der Waals surface area contributed by atoms with Gasteiger partial charge < -0.3 is 11.1 Å². The molecule has 0 aromatic rings. The molecule has 3 nitrogen and oxygen atoms in total. The Morgan fingerprint density at radius 3 is 2.24 bits per heavy atom. The third-order valence-corrected chi connectivity index (χ3v) is 3.00. The summed E-state index contributed by atoms with van der Waals surface area (Å²) in [5.41, 5.74) is 5.68. The highest BCUT2D eigenvalue weighted by Gasteiger charge is 2.11. The standard InChI is InChI=1S/C14H30N2O/c1-11(2)7-6-10-16-14(17)12(3)8-5-9-13(4)15/h11-13H,5-10,15H2,1-4H3,(H,16,17). The van der Waals surface area contributed by atoms with E-state index >= 15 is 0 Å². The molecule has 102 valence electrons. The number of nitrogens with one attached hydrogen (secondary N) is 1. The smallest absolute Gasteiger partial charge is 0.222 e. The molecule has 0 aliphatic heterocycles. The molecule has 0 aromatic carbocycles. The van der Waals surface area contributed by atoms with Crippen LogP contribution in [0.4, 0.5) is 0 Å². The molecule has 3 N–H and O–H groups in total. The van der Waals surface area contributed by atoms with Crippen LogP contribution in [-0.4, -0.2) is 18.5 Å². The lowest BCUT2D eigenvalue weighted by atomic mass is 10.0. The highest BCUT2D eigenvalue weighted by atomic mass is 16.1. The Hall–Kier alpha value is -0.570. The lowest BCUT2D eigenvalue weighted by Gasteiger charge is -2.13. The first-order chi connectivity index (χ1) is 7.93. The third-order valence-electron chi connectivity index (χ3n) is 3.00. The maximum atomic E-state index is 11.7. The summed E-state index contributed by atoms with van der Waals surface area (Å²) in [5.74, 6) is 1.03. The molecule has 0 saturated heterocycles. The van der Waals surface area contributed by atoms with Crippen LogP contribution in [0.2, 0.25) is 0 Å². The van der Waals surface area contributed by atoms with Crippen molar-refractivity contribution in [1.82, 2.24) is 5.32 Å². The van der Waals surface area contributed by atoms with Crippen LogP contribution in [0.25, 0.3) is 0 Å². The minimum atomic E-state index is 0.118. The minimum Gasteiger partial charge on any atom is -0.356 e. The predicted molar refractivity (Wildman–Crippen MR) is 73.7 cm³/mol. The lowest BCUT2D eigenvalue weighted by molar-refractivity contribution is -0.124. The summed E-state index contributed by atoms with van der Waals surface area (Å²) in [4.78, 5) is 11.7. The van der Waals surface area contributed by atoms with Crippen LogP contribution in [0.15, 0.2) is 0 Å². The van der Waals surface area contributed by atoms with E-state index in [1.165, 1.54) is 6.42 Å². The van der Waals surface area contributed by atoms with Gasteiger partial charge in [0.05, 0.1) is 0 Å². The summed E-state index contributed by atoms with van der Waals surface area (Å²) in [7, 11) is 0. The molecular weight excluding hydrogens is 212 g/mol. The topological polar surface area (TPSA) is 55.1 Å². The van der Waals surface area contributed by atoms with E-state index in [-0.39, 0.29) is 17.9 Å². The number of rotatable bonds is 9. The van der Waals surface area contributed by atoms with Gasteiger partial charge in [0.15, 0.2) is 0 Å². The molecule has 0 rings (SSSR count). The van der Waals surface area contributed by atoms with Crippen molar-refractivity contribution in [2.75, 3.05) is 6.54 Å². The number of nitrogens with two attached hydrogens (primary N) is 1. The zero-order valence-electron chi connectivity index (χ0n) is 12.0. The van der Waals surface area contributed by atoms with Gasteiger partial charge in [0.1, 0.15) is 0 Å². The molecule has 0 saturated carbocycles. The van der Waals surface area contributed by atoms with Gasteiger partial charge in [-0.2, -0.15) is 0 Å². The molecular formula is C14H30N2O. The number of amides is 1. The summed E-state index contributed by atoms with van der Waals surface area (Å²) in [5, 5.41) is 3.01. The van der Waals surface area contributed by atoms with Crippen molar-refractivity contribution in [3.8, 4) is 0 Å². The Balaban J connectivity index is 3.53. The Morgan fingerprint density at radius 2 is 1.71 bits per heavy atom. The molecule has 0 heterocycles. The molecule has 0 spiro atoms. The Labute approximate surface area is 107 Å². The van der Waals surface area contributed by atoms with E-state index in [1.807, 2.05) is 13.8 Å². The first-order valence-corrected chi connectivity index (χ1v) is 6.96. The summed E-state index contributed by atoms with van der Waals surface area (Å²) in [6, 6.07) is 0.247. The van der Waals surface area contributed by atoms with E-state index in [9.17, 15) is 4.79 Å². The number of hydrogen-bond acceptors (Lipinski definition) is 2. The van der Waals surface area contributed by atoms with Crippen molar-refractivity contribution < 1.29 is 4.79 Å². The molecule has 3 heteroatoms. The zero-order chi connectivity index (χ0) is 13.3. The average Bonchev–Trinajstić information content (AvgIpc) is 2.23. The molecule has 0 aliphatic carbocycles. The first-order valence-electron chi connectivity index (χ1n) is 6.96. The van der Waals surface area contributed by atoms with Crippen molar-refractivity contribution in [3.05, 3.63) is 0 Å². The second kappa shape index (κ2) is 9.46. The van der Waals surface area contributed by atoms with Gasteiger partial charge in [-0.05, 0) is 38.5 Å². The molecule has 0 fully saturated rings. The molecule has 0 radical (unpaired) electrons. The van der Waals surface area contributed by atoms with Crippen LogP contribution in [0.1, 0.15) is 59.8 Å². The third kappa shape index (κ3) is 10.3. The first kappa shape index (κ1) is 16.4.